The van der Waals surface area contributed by atoms with Gasteiger partial charge < -0.3 is 5.11 Å². The van der Waals surface area contributed by atoms with Crippen LogP contribution in [0.2, 0.25) is 5.02 Å². The standard InChI is InChI=1S/C10H13ClO3S/c1-8(6-12)15(13,14)7-9-3-2-4-10(11)5-9/h2-5,8,12H,6-7H2,1H3/t8-/m1/s1. The zero-order chi connectivity index (χ0) is 11.5. The Morgan fingerprint density at radius 1 is 1.47 bits per heavy atom. The maximum absolute atomic E-state index is 11.6. The Bertz CT molecular complexity index is 428. The van der Waals surface area contributed by atoms with Crippen LogP contribution in [0.3, 0.4) is 0 Å². The summed E-state index contributed by atoms with van der Waals surface area (Å²) >= 11 is 5.74. The highest BCUT2D eigenvalue weighted by molar-refractivity contribution is 7.91. The third-order valence-corrected chi connectivity index (χ3v) is 4.47. The van der Waals surface area contributed by atoms with Crippen molar-refractivity contribution in [1.29, 1.82) is 0 Å². The van der Waals surface area contributed by atoms with E-state index in [0.717, 1.165) is 0 Å². The lowest BCUT2D eigenvalue weighted by Gasteiger charge is -2.09. The second-order valence-corrected chi connectivity index (χ2v) is 6.29. The van der Waals surface area contributed by atoms with Crippen molar-refractivity contribution in [2.75, 3.05) is 6.61 Å². The molecule has 3 nitrogen and oxygen atoms in total. The Labute approximate surface area is 94.6 Å². The predicted molar refractivity (Wildman–Crippen MR) is 60.6 cm³/mol. The van der Waals surface area contributed by atoms with E-state index in [1.54, 1.807) is 24.3 Å². The van der Waals surface area contributed by atoms with Gasteiger partial charge in [0.25, 0.3) is 0 Å². The molecule has 0 aliphatic heterocycles. The van der Waals surface area contributed by atoms with Crippen LogP contribution in [0.15, 0.2) is 24.3 Å². The summed E-state index contributed by atoms with van der Waals surface area (Å²) in [5, 5.41) is 8.57. The molecule has 0 unspecified atom stereocenters. The number of benzene rings is 1. The van der Waals surface area contributed by atoms with E-state index in [2.05, 4.69) is 0 Å². The number of sulfone groups is 1. The minimum atomic E-state index is -3.29. The summed E-state index contributed by atoms with van der Waals surface area (Å²) in [6.45, 7) is 1.13. The quantitative estimate of drug-likeness (QED) is 0.881. The van der Waals surface area contributed by atoms with Crippen molar-refractivity contribution in [3.63, 3.8) is 0 Å². The monoisotopic (exact) mass is 248 g/mol. The van der Waals surface area contributed by atoms with Crippen LogP contribution >= 0.6 is 11.6 Å². The van der Waals surface area contributed by atoms with Gasteiger partial charge in [-0.15, -0.1) is 0 Å². The first-order valence-electron chi connectivity index (χ1n) is 4.52. The Hall–Kier alpha value is -0.580. The number of hydrogen-bond donors (Lipinski definition) is 1. The van der Waals surface area contributed by atoms with Crippen LogP contribution in [0, 0.1) is 0 Å². The number of aliphatic hydroxyl groups excluding tert-OH is 1. The van der Waals surface area contributed by atoms with Gasteiger partial charge >= 0.3 is 0 Å². The lowest BCUT2D eigenvalue weighted by Crippen LogP contribution is -2.23. The topological polar surface area (TPSA) is 54.4 Å². The Morgan fingerprint density at radius 2 is 2.13 bits per heavy atom. The molecule has 1 atom stereocenters. The molecule has 0 aliphatic rings. The maximum Gasteiger partial charge on any atom is 0.159 e. The van der Waals surface area contributed by atoms with Gasteiger partial charge in [0, 0.05) is 5.02 Å². The summed E-state index contributed by atoms with van der Waals surface area (Å²) < 4.78 is 23.3. The molecule has 15 heavy (non-hydrogen) atoms. The van der Waals surface area contributed by atoms with Crippen molar-refractivity contribution in [2.45, 2.75) is 17.9 Å². The lowest BCUT2D eigenvalue weighted by atomic mass is 10.2. The third-order valence-electron chi connectivity index (χ3n) is 2.13. The summed E-state index contributed by atoms with van der Waals surface area (Å²) in [6, 6.07) is 6.71. The lowest BCUT2D eigenvalue weighted by molar-refractivity contribution is 0.295. The van der Waals surface area contributed by atoms with Crippen molar-refractivity contribution < 1.29 is 13.5 Å². The first-order valence-corrected chi connectivity index (χ1v) is 6.62. The fourth-order valence-corrected chi connectivity index (χ4v) is 2.48. The number of aliphatic hydroxyl groups is 1. The highest BCUT2D eigenvalue weighted by Gasteiger charge is 2.20. The second kappa shape index (κ2) is 4.96. The summed E-state index contributed by atoms with van der Waals surface area (Å²) in [4.78, 5) is 0. The van der Waals surface area contributed by atoms with E-state index in [0.29, 0.717) is 10.6 Å². The molecule has 0 spiro atoms. The molecule has 0 bridgehead atoms. The normalized spacial score (nSPS) is 13.8. The molecule has 1 rings (SSSR count). The maximum atomic E-state index is 11.6. The summed E-state index contributed by atoms with van der Waals surface area (Å²) in [5.41, 5.74) is 0.641. The molecule has 1 aromatic rings. The molecule has 0 saturated heterocycles. The minimum Gasteiger partial charge on any atom is -0.395 e. The number of hydrogen-bond acceptors (Lipinski definition) is 3. The van der Waals surface area contributed by atoms with Crippen molar-refractivity contribution >= 4 is 21.4 Å². The van der Waals surface area contributed by atoms with Gasteiger partial charge in [-0.3, -0.25) is 0 Å². The molecule has 0 aliphatic carbocycles. The highest BCUT2D eigenvalue weighted by Crippen LogP contribution is 2.15. The first-order chi connectivity index (χ1) is 6.95. The van der Waals surface area contributed by atoms with Crippen molar-refractivity contribution in [3.05, 3.63) is 34.9 Å². The van der Waals surface area contributed by atoms with Crippen LogP contribution in [0.25, 0.3) is 0 Å². The van der Waals surface area contributed by atoms with Crippen LogP contribution in [0.1, 0.15) is 12.5 Å². The van der Waals surface area contributed by atoms with E-state index in [9.17, 15) is 8.42 Å². The van der Waals surface area contributed by atoms with Crippen LogP contribution in [0.5, 0.6) is 0 Å². The zero-order valence-electron chi connectivity index (χ0n) is 8.35. The Kier molecular flexibility index (Phi) is 4.13. The molecule has 5 heteroatoms. The molecule has 0 radical (unpaired) electrons. The van der Waals surface area contributed by atoms with Crippen LogP contribution < -0.4 is 0 Å². The Balaban J connectivity index is 2.87. The van der Waals surface area contributed by atoms with Gasteiger partial charge in [0.05, 0.1) is 17.6 Å². The average Bonchev–Trinajstić information content (AvgIpc) is 2.15. The molecule has 0 amide bonds. The van der Waals surface area contributed by atoms with Gasteiger partial charge in [0.2, 0.25) is 0 Å². The summed E-state index contributed by atoms with van der Waals surface area (Å²) in [6.07, 6.45) is 0. The van der Waals surface area contributed by atoms with Gasteiger partial charge in [-0.2, -0.15) is 0 Å². The van der Waals surface area contributed by atoms with Crippen LogP contribution in [-0.2, 0) is 15.6 Å². The fourth-order valence-electron chi connectivity index (χ4n) is 1.11. The smallest absolute Gasteiger partial charge is 0.159 e. The first kappa shape index (κ1) is 12.5. The summed E-state index contributed by atoms with van der Waals surface area (Å²) in [7, 11) is -3.29. The van der Waals surface area contributed by atoms with Crippen LogP contribution in [0.4, 0.5) is 0 Å². The largest absolute Gasteiger partial charge is 0.395 e. The second-order valence-electron chi connectivity index (χ2n) is 3.43. The van der Waals surface area contributed by atoms with Gasteiger partial charge in [-0.1, -0.05) is 23.7 Å². The molecular formula is C10H13ClO3S. The molecule has 1 aromatic carbocycles. The molecule has 0 saturated carbocycles. The van der Waals surface area contributed by atoms with E-state index in [4.69, 9.17) is 16.7 Å². The van der Waals surface area contributed by atoms with Gasteiger partial charge in [0.1, 0.15) is 0 Å². The molecule has 0 fully saturated rings. The fraction of sp³-hybridized carbons (Fsp3) is 0.400. The average molecular weight is 249 g/mol. The predicted octanol–water partition coefficient (Wildman–Crippen LogP) is 1.64. The van der Waals surface area contributed by atoms with E-state index in [1.165, 1.54) is 6.92 Å². The third kappa shape index (κ3) is 3.48. The molecule has 84 valence electrons. The van der Waals surface area contributed by atoms with Gasteiger partial charge in [-0.05, 0) is 24.6 Å². The Morgan fingerprint density at radius 3 is 2.67 bits per heavy atom. The van der Waals surface area contributed by atoms with Crippen LogP contribution in [-0.4, -0.2) is 25.4 Å². The van der Waals surface area contributed by atoms with Gasteiger partial charge in [-0.25, -0.2) is 8.42 Å². The molecule has 0 heterocycles. The van der Waals surface area contributed by atoms with Gasteiger partial charge in [0.15, 0.2) is 9.84 Å². The van der Waals surface area contributed by atoms with E-state index < -0.39 is 15.1 Å². The summed E-state index contributed by atoms with van der Waals surface area (Å²) in [5.74, 6) is -0.0880. The van der Waals surface area contributed by atoms with Crippen molar-refractivity contribution in [1.82, 2.24) is 0 Å². The van der Waals surface area contributed by atoms with E-state index in [1.807, 2.05) is 0 Å². The molecular weight excluding hydrogens is 236 g/mol. The minimum absolute atomic E-state index is 0.0880. The molecule has 0 aromatic heterocycles. The SMILES string of the molecule is C[C@H](CO)S(=O)(=O)Cc1cccc(Cl)c1. The zero-order valence-corrected chi connectivity index (χ0v) is 9.92. The number of halogens is 1. The van der Waals surface area contributed by atoms with Crippen molar-refractivity contribution in [2.24, 2.45) is 0 Å². The highest BCUT2D eigenvalue weighted by atomic mass is 35.5. The van der Waals surface area contributed by atoms with E-state index >= 15 is 0 Å². The molecule has 1 N–H and O–H groups in total. The number of rotatable bonds is 4. The van der Waals surface area contributed by atoms with Crippen molar-refractivity contribution in [3.8, 4) is 0 Å². The van der Waals surface area contributed by atoms with E-state index in [-0.39, 0.29) is 12.4 Å².